The van der Waals surface area contributed by atoms with E-state index in [4.69, 9.17) is 11.6 Å². The van der Waals surface area contributed by atoms with Gasteiger partial charge in [-0.2, -0.15) is 4.31 Å². The highest BCUT2D eigenvalue weighted by Crippen LogP contribution is 2.29. The largest absolute Gasteiger partial charge is 0.252 e. The van der Waals surface area contributed by atoms with Crippen LogP contribution in [0.2, 0.25) is 0 Å². The number of rotatable bonds is 8. The predicted octanol–water partition coefficient (Wildman–Crippen LogP) is 4.32. The fraction of sp³-hybridized carbons (Fsp3) is 0.714. The van der Waals surface area contributed by atoms with Crippen LogP contribution < -0.4 is 0 Å². The molecule has 0 saturated carbocycles. The van der Waals surface area contributed by atoms with E-state index in [-0.39, 0.29) is 6.04 Å². The Hall–Kier alpha value is -0.100. The molecule has 116 valence electrons. The molecule has 0 N–H and O–H groups in total. The lowest BCUT2D eigenvalue weighted by Gasteiger charge is -2.30. The summed E-state index contributed by atoms with van der Waals surface area (Å²) in [6, 6.07) is 3.53. The van der Waals surface area contributed by atoms with Crippen LogP contribution in [0.3, 0.4) is 0 Å². The van der Waals surface area contributed by atoms with E-state index in [1.165, 1.54) is 11.3 Å². The van der Waals surface area contributed by atoms with E-state index in [9.17, 15) is 8.42 Å². The highest BCUT2D eigenvalue weighted by atomic mass is 35.5. The first-order valence-corrected chi connectivity index (χ1v) is 9.82. The Morgan fingerprint density at radius 1 is 1.25 bits per heavy atom. The van der Waals surface area contributed by atoms with Crippen molar-refractivity contribution in [2.75, 3.05) is 6.54 Å². The summed E-state index contributed by atoms with van der Waals surface area (Å²) in [6.07, 6.45) is 1.66. The van der Waals surface area contributed by atoms with Gasteiger partial charge in [0.2, 0.25) is 0 Å². The molecule has 0 radical (unpaired) electrons. The number of sulfonamides is 1. The summed E-state index contributed by atoms with van der Waals surface area (Å²) in [7, 11) is -3.42. The van der Waals surface area contributed by atoms with Crippen molar-refractivity contribution in [3.8, 4) is 0 Å². The van der Waals surface area contributed by atoms with Crippen LogP contribution in [0.4, 0.5) is 0 Å². The van der Waals surface area contributed by atoms with Crippen molar-refractivity contribution >= 4 is 33.0 Å². The molecule has 0 aliphatic carbocycles. The van der Waals surface area contributed by atoms with Crippen LogP contribution in [0.1, 0.15) is 45.4 Å². The summed E-state index contributed by atoms with van der Waals surface area (Å²) >= 11 is 7.05. The first kappa shape index (κ1) is 18.0. The van der Waals surface area contributed by atoms with Crippen molar-refractivity contribution < 1.29 is 8.42 Å². The number of hydrogen-bond acceptors (Lipinski definition) is 3. The maximum Gasteiger partial charge on any atom is 0.252 e. The summed E-state index contributed by atoms with van der Waals surface area (Å²) < 4.78 is 27.8. The molecule has 0 saturated heterocycles. The van der Waals surface area contributed by atoms with Crippen molar-refractivity contribution in [3.05, 3.63) is 17.0 Å². The van der Waals surface area contributed by atoms with Gasteiger partial charge in [-0.3, -0.25) is 0 Å². The second-order valence-electron chi connectivity index (χ2n) is 5.29. The summed E-state index contributed by atoms with van der Waals surface area (Å²) in [5, 5.41) is 0. The zero-order chi connectivity index (χ0) is 15.3. The normalized spacial score (nSPS) is 12.8. The van der Waals surface area contributed by atoms with Crippen molar-refractivity contribution in [1.29, 1.82) is 0 Å². The average molecular weight is 338 g/mol. The Morgan fingerprint density at radius 3 is 2.25 bits per heavy atom. The van der Waals surface area contributed by atoms with Crippen LogP contribution in [-0.2, 0) is 15.9 Å². The molecule has 0 bridgehead atoms. The third-order valence-corrected chi connectivity index (χ3v) is 7.14. The summed E-state index contributed by atoms with van der Waals surface area (Å²) in [5.41, 5.74) is 0. The molecule has 1 rings (SSSR count). The summed E-state index contributed by atoms with van der Waals surface area (Å²) in [6.45, 7) is 8.72. The van der Waals surface area contributed by atoms with Gasteiger partial charge >= 0.3 is 0 Å². The van der Waals surface area contributed by atoms with Gasteiger partial charge in [0.05, 0.1) is 5.88 Å². The molecule has 0 atom stereocenters. The molecule has 1 aromatic rings. The van der Waals surface area contributed by atoms with Crippen molar-refractivity contribution in [3.63, 3.8) is 0 Å². The SMILES string of the molecule is CCC(CC)N(CC(C)C)S(=O)(=O)c1ccc(CCl)s1. The molecule has 0 aliphatic heterocycles. The Morgan fingerprint density at radius 2 is 1.85 bits per heavy atom. The fourth-order valence-electron chi connectivity index (χ4n) is 2.18. The van der Waals surface area contributed by atoms with Crippen LogP contribution in [0, 0.1) is 5.92 Å². The molecular formula is C14H24ClNO2S2. The average Bonchev–Trinajstić information content (AvgIpc) is 2.88. The Balaban J connectivity index is 3.15. The maximum absolute atomic E-state index is 12.8. The molecule has 6 heteroatoms. The molecule has 0 fully saturated rings. The van der Waals surface area contributed by atoms with Gasteiger partial charge in [-0.05, 0) is 30.9 Å². The minimum absolute atomic E-state index is 0.0592. The van der Waals surface area contributed by atoms with E-state index in [1.807, 2.05) is 27.7 Å². The molecule has 0 amide bonds. The lowest BCUT2D eigenvalue weighted by Crippen LogP contribution is -2.41. The van der Waals surface area contributed by atoms with E-state index in [0.29, 0.717) is 22.6 Å². The highest BCUT2D eigenvalue weighted by Gasteiger charge is 2.31. The van der Waals surface area contributed by atoms with Crippen molar-refractivity contribution in [2.45, 2.75) is 56.7 Å². The van der Waals surface area contributed by atoms with E-state index in [1.54, 1.807) is 16.4 Å². The third kappa shape index (κ3) is 4.20. The maximum atomic E-state index is 12.8. The van der Waals surface area contributed by atoms with Gasteiger partial charge in [0, 0.05) is 17.5 Å². The highest BCUT2D eigenvalue weighted by molar-refractivity contribution is 7.91. The van der Waals surface area contributed by atoms with Crippen LogP contribution in [0.5, 0.6) is 0 Å². The molecule has 3 nitrogen and oxygen atoms in total. The lowest BCUT2D eigenvalue weighted by atomic mass is 10.1. The zero-order valence-electron chi connectivity index (χ0n) is 12.6. The molecule has 0 aliphatic rings. The molecule has 0 spiro atoms. The second kappa shape index (κ2) is 7.78. The monoisotopic (exact) mass is 337 g/mol. The third-order valence-electron chi connectivity index (χ3n) is 3.23. The summed E-state index contributed by atoms with van der Waals surface area (Å²) in [4.78, 5) is 0.888. The van der Waals surface area contributed by atoms with E-state index >= 15 is 0 Å². The van der Waals surface area contributed by atoms with Crippen LogP contribution >= 0.6 is 22.9 Å². The standard InChI is InChI=1S/C14H24ClNO2S2/c1-5-12(6-2)16(10-11(3)4)20(17,18)14-8-7-13(9-15)19-14/h7-8,11-12H,5-6,9-10H2,1-4H3. The van der Waals surface area contributed by atoms with Gasteiger partial charge in [-0.1, -0.05) is 27.7 Å². The number of alkyl halides is 1. The molecular weight excluding hydrogens is 314 g/mol. The number of hydrogen-bond donors (Lipinski definition) is 0. The Kier molecular flexibility index (Phi) is 6.98. The quantitative estimate of drug-likeness (QED) is 0.662. The topological polar surface area (TPSA) is 37.4 Å². The molecule has 20 heavy (non-hydrogen) atoms. The molecule has 1 aromatic heterocycles. The van der Waals surface area contributed by atoms with Crippen LogP contribution in [-0.4, -0.2) is 25.3 Å². The van der Waals surface area contributed by atoms with Gasteiger partial charge in [-0.25, -0.2) is 8.42 Å². The fourth-order valence-corrected chi connectivity index (χ4v) is 5.71. The number of halogens is 1. The van der Waals surface area contributed by atoms with E-state index in [2.05, 4.69) is 0 Å². The summed E-state index contributed by atoms with van der Waals surface area (Å²) in [5.74, 6) is 0.660. The second-order valence-corrected chi connectivity index (χ2v) is 8.85. The zero-order valence-corrected chi connectivity index (χ0v) is 15.0. The molecule has 0 unspecified atom stereocenters. The Bertz CT molecular complexity index is 507. The van der Waals surface area contributed by atoms with Crippen molar-refractivity contribution in [2.24, 2.45) is 5.92 Å². The van der Waals surface area contributed by atoms with E-state index in [0.717, 1.165) is 17.7 Å². The molecule has 1 heterocycles. The van der Waals surface area contributed by atoms with Crippen LogP contribution in [0.15, 0.2) is 16.3 Å². The Labute approximate surface area is 132 Å². The number of nitrogens with zero attached hydrogens (tertiary/aromatic N) is 1. The van der Waals surface area contributed by atoms with Gasteiger partial charge in [0.1, 0.15) is 4.21 Å². The molecule has 0 aromatic carbocycles. The van der Waals surface area contributed by atoms with Gasteiger partial charge in [0.25, 0.3) is 10.0 Å². The minimum Gasteiger partial charge on any atom is -0.206 e. The van der Waals surface area contributed by atoms with Gasteiger partial charge in [0.15, 0.2) is 0 Å². The van der Waals surface area contributed by atoms with Gasteiger partial charge in [-0.15, -0.1) is 22.9 Å². The first-order chi connectivity index (χ1) is 9.36. The lowest BCUT2D eigenvalue weighted by molar-refractivity contribution is 0.277. The first-order valence-electron chi connectivity index (χ1n) is 7.03. The van der Waals surface area contributed by atoms with Gasteiger partial charge < -0.3 is 0 Å². The van der Waals surface area contributed by atoms with Crippen molar-refractivity contribution in [1.82, 2.24) is 4.31 Å². The smallest absolute Gasteiger partial charge is 0.206 e. The minimum atomic E-state index is -3.42. The van der Waals surface area contributed by atoms with Crippen LogP contribution in [0.25, 0.3) is 0 Å². The predicted molar refractivity (Wildman–Crippen MR) is 87.0 cm³/mol. The number of thiophene rings is 1. The van der Waals surface area contributed by atoms with E-state index < -0.39 is 10.0 Å².